The molecule has 2 aromatic rings. The molecule has 0 spiro atoms. The second-order valence-electron chi connectivity index (χ2n) is 6.68. The van der Waals surface area contributed by atoms with E-state index in [0.29, 0.717) is 6.54 Å². The Morgan fingerprint density at radius 3 is 2.12 bits per heavy atom. The molecular formula is C20H22N2O2. The van der Waals surface area contributed by atoms with Crippen LogP contribution in [0.15, 0.2) is 48.5 Å². The number of aliphatic hydroxyl groups is 1. The predicted molar refractivity (Wildman–Crippen MR) is 93.5 cm³/mol. The quantitative estimate of drug-likeness (QED) is 0.912. The average Bonchev–Trinajstić information content (AvgIpc) is 2.92. The van der Waals surface area contributed by atoms with Gasteiger partial charge in [0.15, 0.2) is 0 Å². The number of amides is 1. The van der Waals surface area contributed by atoms with Gasteiger partial charge in [-0.15, -0.1) is 0 Å². The van der Waals surface area contributed by atoms with E-state index in [2.05, 4.69) is 34.5 Å². The molecule has 1 amide bonds. The van der Waals surface area contributed by atoms with Crippen molar-refractivity contribution in [3.05, 3.63) is 59.7 Å². The fourth-order valence-electron chi connectivity index (χ4n) is 3.80. The lowest BCUT2D eigenvalue weighted by Crippen LogP contribution is -2.43. The molecule has 124 valence electrons. The number of nitrogens with one attached hydrogen (secondary N) is 1. The molecule has 0 saturated carbocycles. The topological polar surface area (TPSA) is 52.6 Å². The number of rotatable bonds is 3. The number of nitrogens with zero attached hydrogens (tertiary/aromatic N) is 1. The normalized spacial score (nSPS) is 18.2. The van der Waals surface area contributed by atoms with Crippen LogP contribution in [0, 0.1) is 0 Å². The minimum atomic E-state index is -0.210. The number of carbonyl (C=O) groups excluding carboxylic acids is 1. The lowest BCUT2D eigenvalue weighted by atomic mass is 10.1. The van der Waals surface area contributed by atoms with Crippen molar-refractivity contribution in [1.29, 1.82) is 0 Å². The monoisotopic (exact) mass is 322 g/mol. The number of benzene rings is 2. The molecule has 2 aromatic carbocycles. The second kappa shape index (κ2) is 6.38. The minimum Gasteiger partial charge on any atom is -0.393 e. The Labute approximate surface area is 142 Å². The van der Waals surface area contributed by atoms with Crippen LogP contribution in [0.25, 0.3) is 11.1 Å². The Morgan fingerprint density at radius 1 is 1.00 bits per heavy atom. The van der Waals surface area contributed by atoms with E-state index in [9.17, 15) is 9.90 Å². The molecule has 1 aliphatic carbocycles. The summed E-state index contributed by atoms with van der Waals surface area (Å²) in [5, 5.41) is 12.8. The van der Waals surface area contributed by atoms with Gasteiger partial charge in [-0.3, -0.25) is 9.69 Å². The van der Waals surface area contributed by atoms with Gasteiger partial charge in [-0.05, 0) is 35.1 Å². The molecule has 2 aliphatic rings. The van der Waals surface area contributed by atoms with Gasteiger partial charge in [-0.1, -0.05) is 48.5 Å². The minimum absolute atomic E-state index is 0.0443. The van der Waals surface area contributed by atoms with Gasteiger partial charge in [0.2, 0.25) is 5.91 Å². The van der Waals surface area contributed by atoms with Gasteiger partial charge >= 0.3 is 0 Å². The van der Waals surface area contributed by atoms with Crippen LogP contribution in [-0.4, -0.2) is 41.7 Å². The second-order valence-corrected chi connectivity index (χ2v) is 6.68. The van der Waals surface area contributed by atoms with Crippen LogP contribution in [0.3, 0.4) is 0 Å². The van der Waals surface area contributed by atoms with Crippen molar-refractivity contribution in [2.24, 2.45) is 0 Å². The summed E-state index contributed by atoms with van der Waals surface area (Å²) in [6.07, 6.45) is 1.29. The van der Waals surface area contributed by atoms with Crippen molar-refractivity contribution >= 4 is 5.91 Å². The Morgan fingerprint density at radius 2 is 1.54 bits per heavy atom. The van der Waals surface area contributed by atoms with Gasteiger partial charge in [0.1, 0.15) is 0 Å². The fraction of sp³-hybridized carbons (Fsp3) is 0.350. The molecule has 4 nitrogen and oxygen atoms in total. The van der Waals surface area contributed by atoms with Crippen molar-refractivity contribution in [2.45, 2.75) is 25.0 Å². The molecule has 0 aromatic heterocycles. The van der Waals surface area contributed by atoms with Gasteiger partial charge in [-0.25, -0.2) is 0 Å². The van der Waals surface area contributed by atoms with Crippen LogP contribution in [0.4, 0.5) is 0 Å². The lowest BCUT2D eigenvalue weighted by molar-refractivity contribution is -0.123. The van der Waals surface area contributed by atoms with Gasteiger partial charge < -0.3 is 10.4 Å². The van der Waals surface area contributed by atoms with Gasteiger partial charge in [0.05, 0.1) is 18.7 Å². The number of hydrogen-bond acceptors (Lipinski definition) is 3. The number of fused-ring (bicyclic) bond motifs is 3. The standard InChI is InChI=1S/C20H22N2O2/c23-14-9-11-22(12-10-14)13-19(24)21-20-17-7-3-1-5-15(17)16-6-2-4-8-18(16)20/h1-8,14,20,23H,9-13H2,(H,21,24). The van der Waals surface area contributed by atoms with E-state index in [1.165, 1.54) is 22.3 Å². The number of hydrogen-bond donors (Lipinski definition) is 2. The summed E-state index contributed by atoms with van der Waals surface area (Å²) < 4.78 is 0. The third kappa shape index (κ3) is 2.83. The maximum absolute atomic E-state index is 12.6. The van der Waals surface area contributed by atoms with Gasteiger partial charge in [-0.2, -0.15) is 0 Å². The van der Waals surface area contributed by atoms with Crippen LogP contribution in [0.1, 0.15) is 30.0 Å². The number of piperidine rings is 1. The third-order valence-corrected chi connectivity index (χ3v) is 5.06. The van der Waals surface area contributed by atoms with Crippen LogP contribution in [0.2, 0.25) is 0 Å². The highest BCUT2D eigenvalue weighted by molar-refractivity contribution is 5.84. The molecule has 1 aliphatic heterocycles. The van der Waals surface area contributed by atoms with E-state index >= 15 is 0 Å². The molecule has 2 N–H and O–H groups in total. The summed E-state index contributed by atoms with van der Waals surface area (Å²) in [7, 11) is 0. The zero-order chi connectivity index (χ0) is 16.5. The maximum atomic E-state index is 12.6. The SMILES string of the molecule is O=C(CN1CCC(O)CC1)NC1c2ccccc2-c2ccccc21. The highest BCUT2D eigenvalue weighted by Crippen LogP contribution is 2.42. The van der Waals surface area contributed by atoms with Crippen molar-refractivity contribution in [1.82, 2.24) is 10.2 Å². The molecule has 0 atom stereocenters. The number of likely N-dealkylation sites (tertiary alicyclic amines) is 1. The zero-order valence-corrected chi connectivity index (χ0v) is 13.6. The molecule has 1 saturated heterocycles. The summed E-state index contributed by atoms with van der Waals surface area (Å²) in [4.78, 5) is 14.7. The molecule has 0 unspecified atom stereocenters. The maximum Gasteiger partial charge on any atom is 0.234 e. The van der Waals surface area contributed by atoms with Crippen LogP contribution in [-0.2, 0) is 4.79 Å². The molecular weight excluding hydrogens is 300 g/mol. The van der Waals surface area contributed by atoms with Crippen molar-refractivity contribution in [3.63, 3.8) is 0 Å². The summed E-state index contributed by atoms with van der Waals surface area (Å²) in [5.74, 6) is 0.0443. The first-order valence-electron chi connectivity index (χ1n) is 8.60. The molecule has 0 bridgehead atoms. The first-order valence-corrected chi connectivity index (χ1v) is 8.60. The molecule has 0 radical (unpaired) electrons. The van der Waals surface area contributed by atoms with Crippen molar-refractivity contribution < 1.29 is 9.90 Å². The first kappa shape index (κ1) is 15.4. The largest absolute Gasteiger partial charge is 0.393 e. The summed E-state index contributed by atoms with van der Waals surface area (Å²) in [6.45, 7) is 1.96. The summed E-state index contributed by atoms with van der Waals surface area (Å²) >= 11 is 0. The zero-order valence-electron chi connectivity index (χ0n) is 13.6. The fourth-order valence-corrected chi connectivity index (χ4v) is 3.80. The van der Waals surface area contributed by atoms with Gasteiger partial charge in [0, 0.05) is 13.1 Å². The van der Waals surface area contributed by atoms with E-state index in [-0.39, 0.29) is 18.1 Å². The van der Waals surface area contributed by atoms with Crippen LogP contribution >= 0.6 is 0 Å². The molecule has 1 heterocycles. The van der Waals surface area contributed by atoms with Gasteiger partial charge in [0.25, 0.3) is 0 Å². The van der Waals surface area contributed by atoms with Crippen molar-refractivity contribution in [2.75, 3.05) is 19.6 Å². The van der Waals surface area contributed by atoms with E-state index < -0.39 is 0 Å². The van der Waals surface area contributed by atoms with E-state index in [1.807, 2.05) is 24.3 Å². The highest BCUT2D eigenvalue weighted by atomic mass is 16.3. The van der Waals surface area contributed by atoms with Crippen molar-refractivity contribution in [3.8, 4) is 11.1 Å². The molecule has 4 heteroatoms. The van der Waals surface area contributed by atoms with Crippen LogP contribution < -0.4 is 5.32 Å². The summed E-state index contributed by atoms with van der Waals surface area (Å²) in [6, 6.07) is 16.5. The average molecular weight is 322 g/mol. The Kier molecular flexibility index (Phi) is 4.08. The third-order valence-electron chi connectivity index (χ3n) is 5.06. The van der Waals surface area contributed by atoms with E-state index in [0.717, 1.165) is 25.9 Å². The first-order chi connectivity index (χ1) is 11.7. The molecule has 24 heavy (non-hydrogen) atoms. The molecule has 1 fully saturated rings. The lowest BCUT2D eigenvalue weighted by Gasteiger charge is -2.29. The Balaban J connectivity index is 1.51. The molecule has 4 rings (SSSR count). The predicted octanol–water partition coefficient (Wildman–Crippen LogP) is 2.33. The smallest absolute Gasteiger partial charge is 0.234 e. The Bertz CT molecular complexity index is 705. The number of carbonyl (C=O) groups is 1. The van der Waals surface area contributed by atoms with E-state index in [1.54, 1.807) is 0 Å². The number of aliphatic hydroxyl groups excluding tert-OH is 1. The Hall–Kier alpha value is -2.17. The summed E-state index contributed by atoms with van der Waals surface area (Å²) in [5.41, 5.74) is 4.75. The van der Waals surface area contributed by atoms with Crippen LogP contribution in [0.5, 0.6) is 0 Å². The highest BCUT2D eigenvalue weighted by Gasteiger charge is 2.29. The van der Waals surface area contributed by atoms with E-state index in [4.69, 9.17) is 0 Å².